The molecular weight excluding hydrogens is 210 g/mol. The van der Waals surface area contributed by atoms with E-state index in [1.54, 1.807) is 0 Å². The SMILES string of the molecule is CCCC(NC(C(=O)OC)C(C)C)C(=O)O. The maximum atomic E-state index is 11.4. The lowest BCUT2D eigenvalue weighted by Gasteiger charge is -2.23. The Bertz CT molecular complexity index is 240. The van der Waals surface area contributed by atoms with Crippen molar-refractivity contribution in [2.75, 3.05) is 7.11 Å². The molecule has 0 aromatic carbocycles. The van der Waals surface area contributed by atoms with Gasteiger partial charge in [-0.05, 0) is 12.3 Å². The van der Waals surface area contributed by atoms with Gasteiger partial charge in [0.2, 0.25) is 0 Å². The van der Waals surface area contributed by atoms with Crippen molar-refractivity contribution in [3.05, 3.63) is 0 Å². The fraction of sp³-hybridized carbons (Fsp3) is 0.818. The number of carbonyl (C=O) groups is 2. The fourth-order valence-corrected chi connectivity index (χ4v) is 1.44. The average Bonchev–Trinajstić information content (AvgIpc) is 2.22. The molecule has 0 rings (SSSR count). The Kier molecular flexibility index (Phi) is 6.72. The highest BCUT2D eigenvalue weighted by molar-refractivity contribution is 5.78. The summed E-state index contributed by atoms with van der Waals surface area (Å²) in [6.07, 6.45) is 1.24. The largest absolute Gasteiger partial charge is 0.480 e. The van der Waals surface area contributed by atoms with E-state index in [1.807, 2.05) is 20.8 Å². The van der Waals surface area contributed by atoms with Gasteiger partial charge in [-0.15, -0.1) is 0 Å². The van der Waals surface area contributed by atoms with Crippen molar-refractivity contribution >= 4 is 11.9 Å². The van der Waals surface area contributed by atoms with E-state index < -0.39 is 24.0 Å². The number of carboxylic acids is 1. The molecule has 0 heterocycles. The van der Waals surface area contributed by atoms with Gasteiger partial charge in [0.25, 0.3) is 0 Å². The number of hydrogen-bond acceptors (Lipinski definition) is 4. The van der Waals surface area contributed by atoms with Crippen LogP contribution in [0.1, 0.15) is 33.6 Å². The van der Waals surface area contributed by atoms with E-state index in [4.69, 9.17) is 5.11 Å². The Morgan fingerprint density at radius 3 is 2.25 bits per heavy atom. The molecule has 0 radical (unpaired) electrons. The molecule has 5 nitrogen and oxygen atoms in total. The molecule has 2 unspecified atom stereocenters. The van der Waals surface area contributed by atoms with Crippen molar-refractivity contribution in [2.45, 2.75) is 45.7 Å². The summed E-state index contributed by atoms with van der Waals surface area (Å²) < 4.78 is 4.64. The molecule has 5 heteroatoms. The topological polar surface area (TPSA) is 75.6 Å². The van der Waals surface area contributed by atoms with Crippen LogP contribution in [0.2, 0.25) is 0 Å². The summed E-state index contributed by atoms with van der Waals surface area (Å²) in [6, 6.07) is -1.27. The number of carbonyl (C=O) groups excluding carboxylic acids is 1. The fourth-order valence-electron chi connectivity index (χ4n) is 1.44. The summed E-state index contributed by atoms with van der Waals surface area (Å²) in [6.45, 7) is 5.60. The molecule has 0 aromatic heterocycles. The van der Waals surface area contributed by atoms with Crippen molar-refractivity contribution in [3.8, 4) is 0 Å². The van der Waals surface area contributed by atoms with Crippen LogP contribution in [0.4, 0.5) is 0 Å². The molecule has 0 aliphatic rings. The smallest absolute Gasteiger partial charge is 0.323 e. The predicted octanol–water partition coefficient (Wildman–Crippen LogP) is 1.03. The predicted molar refractivity (Wildman–Crippen MR) is 60.1 cm³/mol. The van der Waals surface area contributed by atoms with Gasteiger partial charge in [0, 0.05) is 0 Å². The van der Waals surface area contributed by atoms with Crippen LogP contribution in [-0.2, 0) is 14.3 Å². The minimum atomic E-state index is -0.934. The molecule has 0 aliphatic heterocycles. The van der Waals surface area contributed by atoms with Gasteiger partial charge in [0.05, 0.1) is 7.11 Å². The molecular formula is C11H21NO4. The monoisotopic (exact) mass is 231 g/mol. The van der Waals surface area contributed by atoms with Gasteiger partial charge >= 0.3 is 11.9 Å². The third kappa shape index (κ3) is 4.61. The van der Waals surface area contributed by atoms with Crippen molar-refractivity contribution in [1.82, 2.24) is 5.32 Å². The van der Waals surface area contributed by atoms with Crippen LogP contribution < -0.4 is 5.32 Å². The first kappa shape index (κ1) is 14.9. The minimum absolute atomic E-state index is 0.00819. The third-order valence-corrected chi connectivity index (χ3v) is 2.38. The molecule has 0 aliphatic carbocycles. The van der Waals surface area contributed by atoms with E-state index in [9.17, 15) is 9.59 Å². The van der Waals surface area contributed by atoms with Crippen LogP contribution in [0.5, 0.6) is 0 Å². The summed E-state index contributed by atoms with van der Waals surface area (Å²) in [5.74, 6) is -1.36. The standard InChI is InChI=1S/C11H21NO4/c1-5-6-8(10(13)14)12-9(7(2)3)11(15)16-4/h7-9,12H,5-6H2,1-4H3,(H,13,14). The molecule has 0 fully saturated rings. The summed E-state index contributed by atoms with van der Waals surface area (Å²) in [4.78, 5) is 22.4. The zero-order valence-electron chi connectivity index (χ0n) is 10.3. The second-order valence-corrected chi connectivity index (χ2v) is 4.09. The first-order valence-corrected chi connectivity index (χ1v) is 5.50. The molecule has 0 saturated heterocycles. The van der Waals surface area contributed by atoms with E-state index in [2.05, 4.69) is 10.1 Å². The Morgan fingerprint density at radius 2 is 1.94 bits per heavy atom. The molecule has 0 saturated carbocycles. The van der Waals surface area contributed by atoms with E-state index in [0.29, 0.717) is 6.42 Å². The number of hydrogen-bond donors (Lipinski definition) is 2. The van der Waals surface area contributed by atoms with Gasteiger partial charge < -0.3 is 9.84 Å². The Hall–Kier alpha value is -1.10. The molecule has 94 valence electrons. The van der Waals surface area contributed by atoms with Crippen LogP contribution in [0.15, 0.2) is 0 Å². The summed E-state index contributed by atoms with van der Waals surface area (Å²) in [5.41, 5.74) is 0. The zero-order chi connectivity index (χ0) is 12.7. The molecule has 2 N–H and O–H groups in total. The lowest BCUT2D eigenvalue weighted by Crippen LogP contribution is -2.50. The second kappa shape index (κ2) is 7.22. The third-order valence-electron chi connectivity index (χ3n) is 2.38. The second-order valence-electron chi connectivity index (χ2n) is 4.09. The van der Waals surface area contributed by atoms with Crippen molar-refractivity contribution in [3.63, 3.8) is 0 Å². The highest BCUT2D eigenvalue weighted by Gasteiger charge is 2.28. The number of esters is 1. The van der Waals surface area contributed by atoms with Crippen LogP contribution >= 0.6 is 0 Å². The average molecular weight is 231 g/mol. The maximum Gasteiger partial charge on any atom is 0.323 e. The first-order valence-electron chi connectivity index (χ1n) is 5.50. The van der Waals surface area contributed by atoms with Gasteiger partial charge in [-0.3, -0.25) is 14.9 Å². The number of ether oxygens (including phenoxy) is 1. The number of aliphatic carboxylic acids is 1. The van der Waals surface area contributed by atoms with Crippen LogP contribution in [0.3, 0.4) is 0 Å². The van der Waals surface area contributed by atoms with Gasteiger partial charge in [-0.1, -0.05) is 27.2 Å². The van der Waals surface area contributed by atoms with E-state index in [-0.39, 0.29) is 5.92 Å². The molecule has 0 amide bonds. The molecule has 0 bridgehead atoms. The Balaban J connectivity index is 4.57. The number of rotatable bonds is 7. The number of carboxylic acid groups (broad SMARTS) is 1. The van der Waals surface area contributed by atoms with Gasteiger partial charge in [0.15, 0.2) is 0 Å². The van der Waals surface area contributed by atoms with E-state index >= 15 is 0 Å². The first-order chi connectivity index (χ1) is 7.43. The minimum Gasteiger partial charge on any atom is -0.480 e. The van der Waals surface area contributed by atoms with Gasteiger partial charge in [-0.2, -0.15) is 0 Å². The van der Waals surface area contributed by atoms with Crippen LogP contribution in [0, 0.1) is 5.92 Å². The molecule has 0 spiro atoms. The highest BCUT2D eigenvalue weighted by atomic mass is 16.5. The number of methoxy groups -OCH3 is 1. The summed E-state index contributed by atoms with van der Waals surface area (Å²) >= 11 is 0. The van der Waals surface area contributed by atoms with Gasteiger partial charge in [0.1, 0.15) is 12.1 Å². The Labute approximate surface area is 96.2 Å². The van der Waals surface area contributed by atoms with Crippen LogP contribution in [0.25, 0.3) is 0 Å². The molecule has 16 heavy (non-hydrogen) atoms. The quantitative estimate of drug-likeness (QED) is 0.640. The summed E-state index contributed by atoms with van der Waals surface area (Å²) in [5, 5.41) is 11.8. The lowest BCUT2D eigenvalue weighted by atomic mass is 10.0. The molecule has 0 aromatic rings. The van der Waals surface area contributed by atoms with Crippen molar-refractivity contribution < 1.29 is 19.4 Å². The highest BCUT2D eigenvalue weighted by Crippen LogP contribution is 2.07. The normalized spacial score (nSPS) is 14.6. The Morgan fingerprint density at radius 1 is 1.38 bits per heavy atom. The van der Waals surface area contributed by atoms with Gasteiger partial charge in [-0.25, -0.2) is 0 Å². The van der Waals surface area contributed by atoms with E-state index in [1.165, 1.54) is 7.11 Å². The lowest BCUT2D eigenvalue weighted by molar-refractivity contribution is -0.146. The van der Waals surface area contributed by atoms with Crippen molar-refractivity contribution in [1.29, 1.82) is 0 Å². The summed E-state index contributed by atoms with van der Waals surface area (Å²) in [7, 11) is 1.30. The maximum absolute atomic E-state index is 11.4. The molecule has 2 atom stereocenters. The van der Waals surface area contributed by atoms with Crippen molar-refractivity contribution in [2.24, 2.45) is 5.92 Å². The van der Waals surface area contributed by atoms with Crippen LogP contribution in [-0.4, -0.2) is 36.2 Å². The van der Waals surface area contributed by atoms with E-state index in [0.717, 1.165) is 6.42 Å². The zero-order valence-corrected chi connectivity index (χ0v) is 10.3. The number of nitrogens with one attached hydrogen (secondary N) is 1.